The van der Waals surface area contributed by atoms with Gasteiger partial charge in [0.05, 0.1) is 4.92 Å². The van der Waals surface area contributed by atoms with E-state index in [0.29, 0.717) is 19.1 Å². The van der Waals surface area contributed by atoms with Crippen LogP contribution >= 0.6 is 0 Å². The van der Waals surface area contributed by atoms with Gasteiger partial charge in [0.25, 0.3) is 5.91 Å². The minimum atomic E-state index is -0.666. The lowest BCUT2D eigenvalue weighted by Gasteiger charge is -2.32. The maximum Gasteiger partial charge on any atom is 0.310 e. The number of benzene rings is 1. The summed E-state index contributed by atoms with van der Waals surface area (Å²) in [6.45, 7) is 2.41. The van der Waals surface area contributed by atoms with Crippen LogP contribution in [0.25, 0.3) is 0 Å². The van der Waals surface area contributed by atoms with Gasteiger partial charge >= 0.3 is 5.69 Å². The number of likely N-dealkylation sites (tertiary alicyclic amines) is 1. The molecule has 124 valence electrons. The molecule has 0 unspecified atom stereocenters. The van der Waals surface area contributed by atoms with E-state index in [4.69, 9.17) is 0 Å². The Balaban J connectivity index is 1.56. The molecule has 0 radical (unpaired) electrons. The maximum absolute atomic E-state index is 12.4. The van der Waals surface area contributed by atoms with Gasteiger partial charge in [-0.05, 0) is 50.3 Å². The van der Waals surface area contributed by atoms with Gasteiger partial charge in [-0.3, -0.25) is 14.9 Å². The second-order valence-electron chi connectivity index (χ2n) is 6.38. The number of piperidine rings is 1. The van der Waals surface area contributed by atoms with Crippen LogP contribution < -0.4 is 5.32 Å². The Kier molecular flexibility index (Phi) is 4.47. The Morgan fingerprint density at radius 1 is 1.30 bits per heavy atom. The number of hydrogen-bond acceptors (Lipinski definition) is 5. The highest BCUT2D eigenvalue weighted by molar-refractivity contribution is 5.95. The number of carbonyl (C=O) groups is 1. The van der Waals surface area contributed by atoms with Crippen LogP contribution in [0.5, 0.6) is 5.75 Å². The van der Waals surface area contributed by atoms with Crippen LogP contribution in [0.15, 0.2) is 18.2 Å². The number of amides is 1. The number of carbonyl (C=O) groups excluding carboxylic acids is 1. The largest absolute Gasteiger partial charge is 0.502 e. The molecule has 1 saturated carbocycles. The Morgan fingerprint density at radius 3 is 2.57 bits per heavy atom. The van der Waals surface area contributed by atoms with E-state index in [1.54, 1.807) is 4.90 Å². The Hall–Kier alpha value is -2.15. The van der Waals surface area contributed by atoms with Crippen molar-refractivity contribution in [1.82, 2.24) is 10.2 Å². The normalized spacial score (nSPS) is 18.9. The third-order valence-corrected chi connectivity index (χ3v) is 4.59. The predicted octanol–water partition coefficient (Wildman–Crippen LogP) is 1.90. The van der Waals surface area contributed by atoms with Gasteiger partial charge in [0.1, 0.15) is 0 Å². The predicted molar refractivity (Wildman–Crippen MR) is 84.4 cm³/mol. The molecular weight excluding hydrogens is 298 g/mol. The van der Waals surface area contributed by atoms with Gasteiger partial charge in [0.2, 0.25) is 0 Å². The zero-order valence-electron chi connectivity index (χ0n) is 12.9. The monoisotopic (exact) mass is 319 g/mol. The van der Waals surface area contributed by atoms with Crippen molar-refractivity contribution in [2.45, 2.75) is 31.7 Å². The summed E-state index contributed by atoms with van der Waals surface area (Å²) >= 11 is 0. The van der Waals surface area contributed by atoms with Crippen molar-refractivity contribution < 1.29 is 14.8 Å². The second-order valence-corrected chi connectivity index (χ2v) is 6.38. The number of nitro groups is 1. The van der Waals surface area contributed by atoms with Crippen LogP contribution in [0.4, 0.5) is 5.69 Å². The SMILES string of the molecule is O=C(c1ccc([N+](=O)[O-])c(O)c1)N1CCC(NCC2CC2)CC1. The topological polar surface area (TPSA) is 95.7 Å². The van der Waals surface area contributed by atoms with Gasteiger partial charge < -0.3 is 15.3 Å². The fourth-order valence-corrected chi connectivity index (χ4v) is 2.94. The molecule has 2 N–H and O–H groups in total. The first-order valence-corrected chi connectivity index (χ1v) is 8.04. The summed E-state index contributed by atoms with van der Waals surface area (Å²) in [5.74, 6) is 0.190. The van der Waals surface area contributed by atoms with Crippen LogP contribution in [-0.2, 0) is 0 Å². The Labute approximate surface area is 134 Å². The Morgan fingerprint density at radius 2 is 2.00 bits per heavy atom. The summed E-state index contributed by atoms with van der Waals surface area (Å²) in [5, 5.41) is 23.9. The summed E-state index contributed by atoms with van der Waals surface area (Å²) in [4.78, 5) is 24.2. The molecule has 2 fully saturated rings. The fraction of sp³-hybridized carbons (Fsp3) is 0.562. The maximum atomic E-state index is 12.4. The summed E-state index contributed by atoms with van der Waals surface area (Å²) in [7, 11) is 0. The second kappa shape index (κ2) is 6.54. The third kappa shape index (κ3) is 3.79. The number of hydrogen-bond donors (Lipinski definition) is 2. The number of phenolic OH excluding ortho intramolecular Hbond substituents is 1. The van der Waals surface area contributed by atoms with Gasteiger partial charge in [-0.15, -0.1) is 0 Å². The van der Waals surface area contributed by atoms with Crippen molar-refractivity contribution in [3.05, 3.63) is 33.9 Å². The highest BCUT2D eigenvalue weighted by Gasteiger charge is 2.27. The number of nitro benzene ring substituents is 1. The van der Waals surface area contributed by atoms with Gasteiger partial charge in [0, 0.05) is 30.8 Å². The molecule has 3 rings (SSSR count). The van der Waals surface area contributed by atoms with E-state index in [2.05, 4.69) is 5.32 Å². The van der Waals surface area contributed by atoms with E-state index in [9.17, 15) is 20.0 Å². The molecule has 1 saturated heterocycles. The molecule has 1 amide bonds. The lowest BCUT2D eigenvalue weighted by atomic mass is 10.0. The zero-order chi connectivity index (χ0) is 16.4. The highest BCUT2D eigenvalue weighted by atomic mass is 16.6. The van der Waals surface area contributed by atoms with Crippen molar-refractivity contribution in [2.75, 3.05) is 19.6 Å². The number of nitrogens with one attached hydrogen (secondary N) is 1. The fourth-order valence-electron chi connectivity index (χ4n) is 2.94. The van der Waals surface area contributed by atoms with Crippen LogP contribution in [0.2, 0.25) is 0 Å². The van der Waals surface area contributed by atoms with Crippen LogP contribution in [0.3, 0.4) is 0 Å². The van der Waals surface area contributed by atoms with Gasteiger partial charge in [-0.1, -0.05) is 0 Å². The van der Waals surface area contributed by atoms with E-state index < -0.39 is 10.7 Å². The van der Waals surface area contributed by atoms with Crippen LogP contribution in [0, 0.1) is 16.0 Å². The molecule has 0 aromatic heterocycles. The smallest absolute Gasteiger partial charge is 0.310 e. The van der Waals surface area contributed by atoms with E-state index in [0.717, 1.165) is 25.3 Å². The number of nitrogens with zero attached hydrogens (tertiary/aromatic N) is 2. The molecule has 1 aromatic rings. The van der Waals surface area contributed by atoms with Crippen LogP contribution in [-0.4, -0.2) is 46.5 Å². The number of rotatable bonds is 5. The van der Waals surface area contributed by atoms with Gasteiger partial charge in [-0.25, -0.2) is 0 Å². The summed E-state index contributed by atoms with van der Waals surface area (Å²) in [6.07, 6.45) is 4.48. The van der Waals surface area contributed by atoms with Crippen molar-refractivity contribution in [3.63, 3.8) is 0 Å². The number of aromatic hydroxyl groups is 1. The molecule has 1 aromatic carbocycles. The first kappa shape index (κ1) is 15.7. The molecule has 23 heavy (non-hydrogen) atoms. The van der Waals surface area contributed by atoms with Crippen molar-refractivity contribution in [2.24, 2.45) is 5.92 Å². The molecule has 1 aliphatic heterocycles. The molecule has 0 spiro atoms. The molecule has 1 heterocycles. The summed E-state index contributed by atoms with van der Waals surface area (Å²) < 4.78 is 0. The highest BCUT2D eigenvalue weighted by Crippen LogP contribution is 2.29. The molecule has 2 aliphatic rings. The first-order valence-electron chi connectivity index (χ1n) is 8.04. The average Bonchev–Trinajstić information content (AvgIpc) is 3.36. The molecule has 7 heteroatoms. The van der Waals surface area contributed by atoms with Crippen LogP contribution in [0.1, 0.15) is 36.0 Å². The number of phenols is 1. The van der Waals surface area contributed by atoms with Gasteiger partial charge in [-0.2, -0.15) is 0 Å². The van der Waals surface area contributed by atoms with E-state index in [1.165, 1.54) is 31.0 Å². The van der Waals surface area contributed by atoms with E-state index in [1.807, 2.05) is 0 Å². The minimum Gasteiger partial charge on any atom is -0.502 e. The quantitative estimate of drug-likeness (QED) is 0.638. The lowest BCUT2D eigenvalue weighted by Crippen LogP contribution is -2.45. The van der Waals surface area contributed by atoms with E-state index >= 15 is 0 Å². The van der Waals surface area contributed by atoms with Crippen molar-refractivity contribution in [3.8, 4) is 5.75 Å². The minimum absolute atomic E-state index is 0.184. The summed E-state index contributed by atoms with van der Waals surface area (Å²) in [6, 6.07) is 4.21. The zero-order valence-corrected chi connectivity index (χ0v) is 12.9. The molecule has 0 atom stereocenters. The van der Waals surface area contributed by atoms with Crippen molar-refractivity contribution in [1.29, 1.82) is 0 Å². The van der Waals surface area contributed by atoms with E-state index in [-0.39, 0.29) is 17.2 Å². The molecule has 7 nitrogen and oxygen atoms in total. The molecule has 0 bridgehead atoms. The standard InChI is InChI=1S/C16H21N3O4/c20-15-9-12(3-4-14(15)19(22)23)16(21)18-7-5-13(6-8-18)17-10-11-1-2-11/h3-4,9,11,13,17,20H,1-2,5-8,10H2. The average molecular weight is 319 g/mol. The summed E-state index contributed by atoms with van der Waals surface area (Å²) in [5.41, 5.74) is -0.0953. The van der Waals surface area contributed by atoms with Gasteiger partial charge in [0.15, 0.2) is 5.75 Å². The Bertz CT molecular complexity index is 607. The molecule has 1 aliphatic carbocycles. The first-order chi connectivity index (χ1) is 11.0. The van der Waals surface area contributed by atoms with Crippen molar-refractivity contribution >= 4 is 11.6 Å². The third-order valence-electron chi connectivity index (χ3n) is 4.59. The molecular formula is C16H21N3O4. The lowest BCUT2D eigenvalue weighted by molar-refractivity contribution is -0.385.